The third-order valence-electron chi connectivity index (χ3n) is 3.87. The molecule has 0 radical (unpaired) electrons. The molecule has 138 valence electrons. The first-order chi connectivity index (χ1) is 11.5. The van der Waals surface area contributed by atoms with E-state index in [-0.39, 0.29) is 25.1 Å². The molecule has 1 heterocycles. The lowest BCUT2D eigenvalue weighted by atomic mass is 10.1. The summed E-state index contributed by atoms with van der Waals surface area (Å²) in [5.41, 5.74) is 0. The molecule has 1 unspecified atom stereocenters. The summed E-state index contributed by atoms with van der Waals surface area (Å²) in [6.45, 7) is 1.71. The van der Waals surface area contributed by atoms with E-state index in [4.69, 9.17) is 9.47 Å². The van der Waals surface area contributed by atoms with Gasteiger partial charge in [0.25, 0.3) is 0 Å². The van der Waals surface area contributed by atoms with Crippen LogP contribution in [-0.2, 0) is 23.9 Å². The van der Waals surface area contributed by atoms with E-state index < -0.39 is 18.1 Å². The largest absolute Gasteiger partial charge is 0.463 e. The molecule has 0 aromatic heterocycles. The molecule has 1 aliphatic heterocycles. The minimum Gasteiger partial charge on any atom is -0.463 e. The molecule has 0 aliphatic carbocycles. The molecule has 1 aliphatic rings. The monoisotopic (exact) mass is 343 g/mol. The summed E-state index contributed by atoms with van der Waals surface area (Å²) in [6.07, 6.45) is 6.51. The Morgan fingerprint density at radius 2 is 1.83 bits per heavy atom. The summed E-state index contributed by atoms with van der Waals surface area (Å²) >= 11 is 0. The molecule has 0 saturated carbocycles. The molecule has 2 atom stereocenters. The van der Waals surface area contributed by atoms with Gasteiger partial charge in [-0.2, -0.15) is 0 Å². The van der Waals surface area contributed by atoms with E-state index >= 15 is 0 Å². The van der Waals surface area contributed by atoms with Gasteiger partial charge in [0.15, 0.2) is 0 Å². The number of esters is 2. The SMILES string of the molecule is CCCCCCCCC(=O)OCC(O)COC(=O)[C@@H]1CCC(=O)N1. The predicted octanol–water partition coefficient (Wildman–Crippen LogP) is 1.46. The Balaban J connectivity index is 2.02. The Morgan fingerprint density at radius 3 is 2.50 bits per heavy atom. The van der Waals surface area contributed by atoms with Crippen molar-refractivity contribution in [3.05, 3.63) is 0 Å². The summed E-state index contributed by atoms with van der Waals surface area (Å²) < 4.78 is 9.87. The van der Waals surface area contributed by atoms with Crippen molar-refractivity contribution in [1.29, 1.82) is 0 Å². The first kappa shape index (κ1) is 20.4. The van der Waals surface area contributed by atoms with Gasteiger partial charge in [-0.15, -0.1) is 0 Å². The van der Waals surface area contributed by atoms with Gasteiger partial charge in [0, 0.05) is 12.8 Å². The first-order valence-electron chi connectivity index (χ1n) is 8.82. The van der Waals surface area contributed by atoms with Gasteiger partial charge in [-0.1, -0.05) is 39.0 Å². The second kappa shape index (κ2) is 11.8. The number of hydrogen-bond acceptors (Lipinski definition) is 6. The van der Waals surface area contributed by atoms with Gasteiger partial charge >= 0.3 is 11.9 Å². The fourth-order valence-electron chi connectivity index (χ4n) is 2.43. The van der Waals surface area contributed by atoms with E-state index in [9.17, 15) is 19.5 Å². The molecule has 7 heteroatoms. The minimum atomic E-state index is -1.06. The average Bonchev–Trinajstić information content (AvgIpc) is 3.00. The minimum absolute atomic E-state index is 0.180. The van der Waals surface area contributed by atoms with Crippen molar-refractivity contribution in [1.82, 2.24) is 5.32 Å². The zero-order valence-corrected chi connectivity index (χ0v) is 14.4. The van der Waals surface area contributed by atoms with Crippen LogP contribution in [0.3, 0.4) is 0 Å². The predicted molar refractivity (Wildman–Crippen MR) is 87.1 cm³/mol. The topological polar surface area (TPSA) is 102 Å². The van der Waals surface area contributed by atoms with Crippen LogP contribution in [0, 0.1) is 0 Å². The molecule has 0 aromatic carbocycles. The van der Waals surface area contributed by atoms with Crippen LogP contribution in [0.4, 0.5) is 0 Å². The molecular weight excluding hydrogens is 314 g/mol. The van der Waals surface area contributed by atoms with Crippen molar-refractivity contribution < 1.29 is 29.0 Å². The second-order valence-electron chi connectivity index (χ2n) is 6.14. The van der Waals surface area contributed by atoms with E-state index in [0.29, 0.717) is 19.3 Å². The van der Waals surface area contributed by atoms with E-state index in [2.05, 4.69) is 12.2 Å². The number of hydrogen-bond donors (Lipinski definition) is 2. The van der Waals surface area contributed by atoms with Crippen LogP contribution in [0.25, 0.3) is 0 Å². The Hall–Kier alpha value is -1.63. The number of aliphatic hydroxyl groups excluding tert-OH is 1. The molecule has 0 bridgehead atoms. The average molecular weight is 343 g/mol. The molecule has 1 fully saturated rings. The number of ether oxygens (including phenoxy) is 2. The Kier molecular flexibility index (Phi) is 10.1. The number of aliphatic hydroxyl groups is 1. The van der Waals surface area contributed by atoms with Crippen LogP contribution in [-0.4, -0.2) is 48.3 Å². The summed E-state index contributed by atoms with van der Waals surface area (Å²) in [5.74, 6) is -1.10. The number of carbonyl (C=O) groups excluding carboxylic acids is 3. The van der Waals surface area contributed by atoms with Crippen molar-refractivity contribution in [2.75, 3.05) is 13.2 Å². The van der Waals surface area contributed by atoms with Crippen molar-refractivity contribution in [3.8, 4) is 0 Å². The number of amides is 1. The molecule has 7 nitrogen and oxygen atoms in total. The maximum Gasteiger partial charge on any atom is 0.328 e. The number of rotatable bonds is 12. The Morgan fingerprint density at radius 1 is 1.17 bits per heavy atom. The zero-order chi connectivity index (χ0) is 17.8. The van der Waals surface area contributed by atoms with Crippen molar-refractivity contribution in [3.63, 3.8) is 0 Å². The molecule has 24 heavy (non-hydrogen) atoms. The highest BCUT2D eigenvalue weighted by atomic mass is 16.6. The van der Waals surface area contributed by atoms with Crippen LogP contribution in [0.2, 0.25) is 0 Å². The lowest BCUT2D eigenvalue weighted by Gasteiger charge is -2.14. The molecule has 1 rings (SSSR count). The van der Waals surface area contributed by atoms with Gasteiger partial charge in [0.1, 0.15) is 25.4 Å². The van der Waals surface area contributed by atoms with E-state index in [1.54, 1.807) is 0 Å². The molecule has 1 saturated heterocycles. The van der Waals surface area contributed by atoms with Gasteiger partial charge in [0.2, 0.25) is 5.91 Å². The van der Waals surface area contributed by atoms with Crippen LogP contribution in [0.1, 0.15) is 64.7 Å². The normalized spacial score (nSPS) is 18.1. The van der Waals surface area contributed by atoms with Gasteiger partial charge in [-0.3, -0.25) is 9.59 Å². The van der Waals surface area contributed by atoms with E-state index in [1.165, 1.54) is 19.3 Å². The Bertz CT molecular complexity index is 412. The molecule has 1 amide bonds. The molecular formula is C17H29NO6. The lowest BCUT2D eigenvalue weighted by Crippen LogP contribution is -2.36. The third kappa shape index (κ3) is 8.86. The van der Waals surface area contributed by atoms with Crippen LogP contribution in [0.15, 0.2) is 0 Å². The number of nitrogens with one attached hydrogen (secondary N) is 1. The highest BCUT2D eigenvalue weighted by molar-refractivity contribution is 5.88. The molecule has 0 aromatic rings. The van der Waals surface area contributed by atoms with E-state index in [1.807, 2.05) is 0 Å². The number of unbranched alkanes of at least 4 members (excludes halogenated alkanes) is 5. The zero-order valence-electron chi connectivity index (χ0n) is 14.4. The summed E-state index contributed by atoms with van der Waals surface area (Å²) in [6, 6.07) is -0.639. The van der Waals surface area contributed by atoms with E-state index in [0.717, 1.165) is 19.3 Å². The maximum atomic E-state index is 11.6. The van der Waals surface area contributed by atoms with Crippen molar-refractivity contribution >= 4 is 17.8 Å². The van der Waals surface area contributed by atoms with Gasteiger partial charge < -0.3 is 19.9 Å². The van der Waals surface area contributed by atoms with Crippen molar-refractivity contribution in [2.45, 2.75) is 76.9 Å². The van der Waals surface area contributed by atoms with Crippen LogP contribution < -0.4 is 5.32 Å². The standard InChI is InChI=1S/C17H29NO6/c1-2-3-4-5-6-7-8-16(21)23-11-13(19)12-24-17(22)14-9-10-15(20)18-14/h13-14,19H,2-12H2,1H3,(H,18,20)/t13?,14-/m0/s1. The molecule has 0 spiro atoms. The summed E-state index contributed by atoms with van der Waals surface area (Å²) in [5, 5.41) is 12.2. The number of carbonyl (C=O) groups is 3. The smallest absolute Gasteiger partial charge is 0.328 e. The highest BCUT2D eigenvalue weighted by Gasteiger charge is 2.28. The van der Waals surface area contributed by atoms with Crippen LogP contribution >= 0.6 is 0 Å². The highest BCUT2D eigenvalue weighted by Crippen LogP contribution is 2.09. The first-order valence-corrected chi connectivity index (χ1v) is 8.82. The van der Waals surface area contributed by atoms with Gasteiger partial charge in [0.05, 0.1) is 0 Å². The molecule has 2 N–H and O–H groups in total. The van der Waals surface area contributed by atoms with Crippen LogP contribution in [0.5, 0.6) is 0 Å². The Labute approximate surface area is 143 Å². The van der Waals surface area contributed by atoms with Gasteiger partial charge in [-0.05, 0) is 12.8 Å². The van der Waals surface area contributed by atoms with Crippen molar-refractivity contribution in [2.24, 2.45) is 0 Å². The lowest BCUT2D eigenvalue weighted by molar-refractivity contribution is -0.154. The quantitative estimate of drug-likeness (QED) is 0.411. The van der Waals surface area contributed by atoms with Gasteiger partial charge in [-0.25, -0.2) is 4.79 Å². The summed E-state index contributed by atoms with van der Waals surface area (Å²) in [4.78, 5) is 34.2. The maximum absolute atomic E-state index is 11.6. The summed E-state index contributed by atoms with van der Waals surface area (Å²) in [7, 11) is 0. The second-order valence-corrected chi connectivity index (χ2v) is 6.14. The fraction of sp³-hybridized carbons (Fsp3) is 0.824. The fourth-order valence-corrected chi connectivity index (χ4v) is 2.43. The third-order valence-corrected chi connectivity index (χ3v) is 3.87.